The molecule has 5 rings (SSSR count). The van der Waals surface area contributed by atoms with Crippen LogP contribution in [0.3, 0.4) is 0 Å². The molecule has 1 amide bonds. The molecule has 2 aromatic heterocycles. The number of likely N-dealkylation sites (N-methyl/N-ethyl adjacent to an activating group) is 1. The first-order valence-electron chi connectivity index (χ1n) is 12.5. The Labute approximate surface area is 234 Å². The van der Waals surface area contributed by atoms with Crippen LogP contribution in [0.15, 0.2) is 18.2 Å². The number of carbonyl (C=O) groups excluding carboxylic acids is 1. The molecule has 4 aromatic rings. The van der Waals surface area contributed by atoms with Crippen LogP contribution < -0.4 is 15.4 Å². The first kappa shape index (κ1) is 28.3. The van der Waals surface area contributed by atoms with Crippen molar-refractivity contribution < 1.29 is 31.5 Å². The molecule has 8 nitrogen and oxygen atoms in total. The number of hydrogen-bond acceptors (Lipinski definition) is 8. The second kappa shape index (κ2) is 10.3. The summed E-state index contributed by atoms with van der Waals surface area (Å²) in [5.74, 6) is -2.23. The van der Waals surface area contributed by atoms with Gasteiger partial charge < -0.3 is 20.3 Å². The van der Waals surface area contributed by atoms with Gasteiger partial charge in [0.15, 0.2) is 5.82 Å². The first-order valence-corrected chi connectivity index (χ1v) is 13.3. The van der Waals surface area contributed by atoms with Gasteiger partial charge in [-0.1, -0.05) is 13.0 Å². The maximum absolute atomic E-state index is 16.4. The molecule has 1 fully saturated rings. The number of nitrogens with zero attached hydrogens (tertiary/aromatic N) is 5. The van der Waals surface area contributed by atoms with E-state index in [0.29, 0.717) is 37.3 Å². The number of likely N-dealkylation sites (tertiary alicyclic amines) is 1. The third kappa shape index (κ3) is 4.63. The molecular weight excluding hydrogens is 567 g/mol. The van der Waals surface area contributed by atoms with Crippen molar-refractivity contribution in [1.29, 1.82) is 5.26 Å². The Morgan fingerprint density at radius 3 is 2.68 bits per heavy atom. The van der Waals surface area contributed by atoms with Gasteiger partial charge in [0, 0.05) is 48.9 Å². The molecule has 2 aromatic carbocycles. The van der Waals surface area contributed by atoms with E-state index in [4.69, 9.17) is 10.5 Å². The van der Waals surface area contributed by atoms with Crippen molar-refractivity contribution in [3.05, 3.63) is 41.0 Å². The zero-order valence-electron chi connectivity index (χ0n) is 22.1. The van der Waals surface area contributed by atoms with Crippen LogP contribution in [-0.2, 0) is 11.0 Å². The normalized spacial score (nSPS) is 15.5. The largest absolute Gasteiger partial charge is 0.467 e. The number of nitrogen functional groups attached to an aromatic ring is 1. The number of nitrogens with two attached hydrogens (primary N) is 1. The summed E-state index contributed by atoms with van der Waals surface area (Å²) >= 11 is 0.688. The maximum Gasteiger partial charge on any atom is 0.417 e. The summed E-state index contributed by atoms with van der Waals surface area (Å²) in [4.78, 5) is 23.8. The minimum absolute atomic E-state index is 0.0136. The van der Waals surface area contributed by atoms with Gasteiger partial charge in [-0.15, -0.1) is 11.3 Å². The Kier molecular flexibility index (Phi) is 7.10. The van der Waals surface area contributed by atoms with E-state index in [-0.39, 0.29) is 55.4 Å². The predicted molar refractivity (Wildman–Crippen MR) is 145 cm³/mol. The molecule has 1 atom stereocenters. The summed E-state index contributed by atoms with van der Waals surface area (Å²) in [6.45, 7) is 2.51. The number of halogens is 5. The lowest BCUT2D eigenvalue weighted by atomic mass is 9.92. The number of ether oxygens (including phenoxy) is 1. The number of nitriles is 1. The number of benzene rings is 2. The topological polar surface area (TPSA) is 108 Å². The summed E-state index contributed by atoms with van der Waals surface area (Å²) in [7, 11) is 2.84. The summed E-state index contributed by atoms with van der Waals surface area (Å²) < 4.78 is 79.9. The molecule has 0 saturated carbocycles. The molecule has 1 saturated heterocycles. The summed E-state index contributed by atoms with van der Waals surface area (Å²) in [6.07, 6.45) is -4.23. The number of thiophene rings is 1. The average molecular weight is 591 g/mol. The smallest absolute Gasteiger partial charge is 0.417 e. The second-order valence-corrected chi connectivity index (χ2v) is 10.6. The highest BCUT2D eigenvalue weighted by atomic mass is 32.1. The quantitative estimate of drug-likeness (QED) is 0.296. The molecule has 1 aliphatic heterocycles. The van der Waals surface area contributed by atoms with Gasteiger partial charge in [-0.25, -0.2) is 8.78 Å². The number of methoxy groups -OCH3 is 1. The van der Waals surface area contributed by atoms with E-state index >= 15 is 4.39 Å². The molecule has 3 heterocycles. The Bertz CT molecular complexity index is 1750. The number of carbonyl (C=O) groups is 1. The van der Waals surface area contributed by atoms with E-state index < -0.39 is 34.5 Å². The SMILES string of the molecule is CCC(=O)N1CCC(N(C)c2nc(OC)nc3c(F)c(-c4ccc(F)c5sc(N)c(C#N)c45)c(C(F)(F)F)cc23)C1. The number of rotatable bonds is 5. The molecule has 0 radical (unpaired) electrons. The fourth-order valence-corrected chi connectivity index (χ4v) is 6.18. The number of anilines is 2. The molecule has 0 spiro atoms. The molecule has 0 bridgehead atoms. The van der Waals surface area contributed by atoms with E-state index in [9.17, 15) is 27.6 Å². The van der Waals surface area contributed by atoms with Crippen LogP contribution in [0.2, 0.25) is 0 Å². The molecule has 214 valence electrons. The van der Waals surface area contributed by atoms with E-state index in [1.165, 1.54) is 7.11 Å². The predicted octanol–water partition coefficient (Wildman–Crippen LogP) is 5.72. The molecule has 41 heavy (non-hydrogen) atoms. The average Bonchev–Trinajstić information content (AvgIpc) is 3.57. The first-order chi connectivity index (χ1) is 19.4. The van der Waals surface area contributed by atoms with Crippen molar-refractivity contribution in [3.8, 4) is 23.2 Å². The van der Waals surface area contributed by atoms with E-state index in [1.807, 2.05) is 0 Å². The van der Waals surface area contributed by atoms with E-state index in [1.54, 1.807) is 29.8 Å². The standard InChI is InChI=1S/C27H23F5N6O2S/c1-4-18(39)38-8-7-12(11-38)37(2)25-14-9-16(27(30,31)32)20(21(29)22(14)35-26(36-25)40-3)13-5-6-17(28)23-19(13)15(10-33)24(34)41-23/h5-6,9,12H,4,7-8,11,34H2,1-3H3. The van der Waals surface area contributed by atoms with Crippen LogP contribution in [0, 0.1) is 23.0 Å². The number of amides is 1. The summed E-state index contributed by atoms with van der Waals surface area (Å²) in [5, 5.41) is 9.09. The number of alkyl halides is 3. The zero-order valence-corrected chi connectivity index (χ0v) is 22.9. The number of aromatic nitrogens is 2. The van der Waals surface area contributed by atoms with E-state index in [0.717, 1.165) is 18.2 Å². The minimum atomic E-state index is -5.06. The molecule has 1 aliphatic rings. The van der Waals surface area contributed by atoms with Crippen molar-refractivity contribution in [1.82, 2.24) is 14.9 Å². The lowest BCUT2D eigenvalue weighted by molar-refractivity contribution is -0.137. The van der Waals surface area contributed by atoms with Crippen LogP contribution in [-0.4, -0.2) is 54.1 Å². The Morgan fingerprint density at radius 2 is 2.05 bits per heavy atom. The monoisotopic (exact) mass is 590 g/mol. The Balaban J connectivity index is 1.80. The van der Waals surface area contributed by atoms with Crippen molar-refractivity contribution in [2.75, 3.05) is 37.9 Å². The highest BCUT2D eigenvalue weighted by Gasteiger charge is 2.39. The highest BCUT2D eigenvalue weighted by Crippen LogP contribution is 2.48. The lowest BCUT2D eigenvalue weighted by Gasteiger charge is -2.28. The fraction of sp³-hybridized carbons (Fsp3) is 0.333. The molecule has 2 N–H and O–H groups in total. The fourth-order valence-electron chi connectivity index (χ4n) is 5.23. The third-order valence-electron chi connectivity index (χ3n) is 7.28. The lowest BCUT2D eigenvalue weighted by Crippen LogP contribution is -2.37. The molecule has 14 heteroatoms. The van der Waals surface area contributed by atoms with Crippen LogP contribution in [0.4, 0.5) is 32.8 Å². The molecule has 0 aliphatic carbocycles. The van der Waals surface area contributed by atoms with Crippen molar-refractivity contribution >= 4 is 49.1 Å². The van der Waals surface area contributed by atoms with Crippen LogP contribution in [0.5, 0.6) is 6.01 Å². The highest BCUT2D eigenvalue weighted by molar-refractivity contribution is 7.23. The van der Waals surface area contributed by atoms with Gasteiger partial charge in [-0.05, 0) is 24.1 Å². The minimum Gasteiger partial charge on any atom is -0.467 e. The molecular formula is C27H23F5N6O2S. The van der Waals surface area contributed by atoms with E-state index in [2.05, 4.69) is 9.97 Å². The zero-order chi connectivity index (χ0) is 29.8. The second-order valence-electron chi connectivity index (χ2n) is 9.54. The summed E-state index contributed by atoms with van der Waals surface area (Å²) in [6, 6.07) is 3.84. The van der Waals surface area contributed by atoms with Gasteiger partial charge in [0.25, 0.3) is 0 Å². The van der Waals surface area contributed by atoms with Crippen LogP contribution >= 0.6 is 11.3 Å². The van der Waals surface area contributed by atoms with Gasteiger partial charge in [0.05, 0.1) is 22.9 Å². The molecule has 1 unspecified atom stereocenters. The number of hydrogen-bond donors (Lipinski definition) is 1. The van der Waals surface area contributed by atoms with Crippen LogP contribution in [0.1, 0.15) is 30.9 Å². The van der Waals surface area contributed by atoms with Crippen molar-refractivity contribution in [3.63, 3.8) is 0 Å². The van der Waals surface area contributed by atoms with Crippen LogP contribution in [0.25, 0.3) is 32.1 Å². The van der Waals surface area contributed by atoms with Gasteiger partial charge in [0.1, 0.15) is 28.2 Å². The van der Waals surface area contributed by atoms with Crippen molar-refractivity contribution in [2.24, 2.45) is 0 Å². The van der Waals surface area contributed by atoms with Gasteiger partial charge in [0.2, 0.25) is 5.91 Å². The Morgan fingerprint density at radius 1 is 1.32 bits per heavy atom. The Hall–Kier alpha value is -4.25. The third-order valence-corrected chi connectivity index (χ3v) is 8.31. The van der Waals surface area contributed by atoms with Gasteiger partial charge in [-0.3, -0.25) is 4.79 Å². The maximum atomic E-state index is 16.4. The number of fused-ring (bicyclic) bond motifs is 2. The van der Waals surface area contributed by atoms with Gasteiger partial charge in [-0.2, -0.15) is 28.4 Å². The van der Waals surface area contributed by atoms with Crippen molar-refractivity contribution in [2.45, 2.75) is 32.0 Å². The van der Waals surface area contributed by atoms with Gasteiger partial charge >= 0.3 is 12.2 Å². The summed E-state index contributed by atoms with van der Waals surface area (Å²) in [5.41, 5.74) is 2.54.